The zero-order valence-corrected chi connectivity index (χ0v) is 13.8. The lowest BCUT2D eigenvalue weighted by Crippen LogP contribution is -2.53. The molecule has 2 nitrogen and oxygen atoms in total. The van der Waals surface area contributed by atoms with Gasteiger partial charge in [0, 0.05) is 11.6 Å². The van der Waals surface area contributed by atoms with E-state index in [9.17, 15) is 0 Å². The number of hydrogen-bond acceptors (Lipinski definition) is 2. The highest BCUT2D eigenvalue weighted by atomic mass is 15.2. The topological polar surface area (TPSA) is 15.3 Å². The SMILES string of the molecule is CC1(C)CCCN(C2CCC2CNC(C)(C)C)CC1. The summed E-state index contributed by atoms with van der Waals surface area (Å²) in [5.74, 6) is 0.889. The van der Waals surface area contributed by atoms with Crippen LogP contribution in [0.25, 0.3) is 0 Å². The molecule has 2 unspecified atom stereocenters. The molecular weight excluding hydrogens is 232 g/mol. The normalized spacial score (nSPS) is 32.7. The summed E-state index contributed by atoms with van der Waals surface area (Å²) in [6.07, 6.45) is 7.03. The molecule has 2 rings (SSSR count). The first-order valence-corrected chi connectivity index (χ1v) is 8.26. The zero-order valence-electron chi connectivity index (χ0n) is 13.8. The summed E-state index contributed by atoms with van der Waals surface area (Å²) >= 11 is 0. The second-order valence-electron chi connectivity index (χ2n) is 8.59. The van der Waals surface area contributed by atoms with Gasteiger partial charge < -0.3 is 10.2 Å². The fourth-order valence-corrected chi connectivity index (χ4v) is 3.48. The summed E-state index contributed by atoms with van der Waals surface area (Å²) in [5.41, 5.74) is 0.832. The van der Waals surface area contributed by atoms with Crippen LogP contribution in [0.2, 0.25) is 0 Å². The molecule has 0 spiro atoms. The Balaban J connectivity index is 1.81. The van der Waals surface area contributed by atoms with Crippen LogP contribution < -0.4 is 5.32 Å². The summed E-state index contributed by atoms with van der Waals surface area (Å²) in [5, 5.41) is 3.70. The first-order chi connectivity index (χ1) is 8.77. The molecule has 0 aromatic carbocycles. The van der Waals surface area contributed by atoms with Gasteiger partial charge in [-0.1, -0.05) is 13.8 Å². The first kappa shape index (κ1) is 15.3. The number of nitrogens with one attached hydrogen (secondary N) is 1. The molecule has 1 aliphatic heterocycles. The van der Waals surface area contributed by atoms with Crippen LogP contribution in [0, 0.1) is 11.3 Å². The van der Waals surface area contributed by atoms with Gasteiger partial charge in [-0.2, -0.15) is 0 Å². The third-order valence-corrected chi connectivity index (χ3v) is 5.12. The molecule has 2 fully saturated rings. The predicted octanol–water partition coefficient (Wildman–Crippen LogP) is 3.67. The van der Waals surface area contributed by atoms with Gasteiger partial charge in [-0.3, -0.25) is 0 Å². The van der Waals surface area contributed by atoms with Crippen molar-refractivity contribution in [2.24, 2.45) is 11.3 Å². The van der Waals surface area contributed by atoms with E-state index in [0.29, 0.717) is 5.41 Å². The molecule has 1 saturated heterocycles. The highest BCUT2D eigenvalue weighted by Gasteiger charge is 2.37. The predicted molar refractivity (Wildman–Crippen MR) is 83.5 cm³/mol. The summed E-state index contributed by atoms with van der Waals surface area (Å²) in [7, 11) is 0. The molecule has 1 N–H and O–H groups in total. The standard InChI is InChI=1S/C17H34N2/c1-16(2,3)18-13-14-7-8-15(14)19-11-6-9-17(4,5)10-12-19/h14-15,18H,6-13H2,1-5H3. The average molecular weight is 266 g/mol. The fourth-order valence-electron chi connectivity index (χ4n) is 3.48. The van der Waals surface area contributed by atoms with Crippen LogP contribution in [-0.4, -0.2) is 36.1 Å². The lowest BCUT2D eigenvalue weighted by Gasteiger charge is -2.45. The van der Waals surface area contributed by atoms with Crippen molar-refractivity contribution in [3.63, 3.8) is 0 Å². The minimum absolute atomic E-state index is 0.265. The van der Waals surface area contributed by atoms with Crippen LogP contribution in [0.1, 0.15) is 66.7 Å². The number of nitrogens with zero attached hydrogens (tertiary/aromatic N) is 1. The van der Waals surface area contributed by atoms with Crippen molar-refractivity contribution >= 4 is 0 Å². The molecule has 1 heterocycles. The Labute approximate surface area is 120 Å². The van der Waals surface area contributed by atoms with E-state index in [0.717, 1.165) is 12.0 Å². The van der Waals surface area contributed by atoms with E-state index in [-0.39, 0.29) is 5.54 Å². The molecule has 1 aliphatic carbocycles. The zero-order chi connectivity index (χ0) is 14.1. The lowest BCUT2D eigenvalue weighted by atomic mass is 9.77. The molecule has 2 aliphatic rings. The van der Waals surface area contributed by atoms with Gasteiger partial charge in [0.15, 0.2) is 0 Å². The van der Waals surface area contributed by atoms with Gasteiger partial charge in [0.05, 0.1) is 0 Å². The molecule has 19 heavy (non-hydrogen) atoms. The van der Waals surface area contributed by atoms with Crippen LogP contribution in [0.3, 0.4) is 0 Å². The van der Waals surface area contributed by atoms with Crippen LogP contribution in [0.15, 0.2) is 0 Å². The van der Waals surface area contributed by atoms with Gasteiger partial charge in [0.25, 0.3) is 0 Å². The van der Waals surface area contributed by atoms with Crippen molar-refractivity contribution in [1.29, 1.82) is 0 Å². The van der Waals surface area contributed by atoms with E-state index < -0.39 is 0 Å². The van der Waals surface area contributed by atoms with Crippen molar-refractivity contribution in [1.82, 2.24) is 10.2 Å². The van der Waals surface area contributed by atoms with Crippen molar-refractivity contribution in [3.8, 4) is 0 Å². The van der Waals surface area contributed by atoms with Crippen molar-refractivity contribution in [3.05, 3.63) is 0 Å². The number of hydrogen-bond donors (Lipinski definition) is 1. The molecule has 0 bridgehead atoms. The van der Waals surface area contributed by atoms with E-state index in [4.69, 9.17) is 0 Å². The van der Waals surface area contributed by atoms with Gasteiger partial charge >= 0.3 is 0 Å². The van der Waals surface area contributed by atoms with Crippen molar-refractivity contribution in [2.45, 2.75) is 78.3 Å². The molecule has 0 aromatic heterocycles. The molecule has 112 valence electrons. The smallest absolute Gasteiger partial charge is 0.0136 e. The highest BCUT2D eigenvalue weighted by molar-refractivity contribution is 4.92. The Bertz CT molecular complexity index is 290. The minimum Gasteiger partial charge on any atom is -0.312 e. The van der Waals surface area contributed by atoms with E-state index in [1.807, 2.05) is 0 Å². The molecule has 1 saturated carbocycles. The van der Waals surface area contributed by atoms with Gasteiger partial charge in [-0.15, -0.1) is 0 Å². The minimum atomic E-state index is 0.265. The number of likely N-dealkylation sites (tertiary alicyclic amines) is 1. The van der Waals surface area contributed by atoms with Gasteiger partial charge in [-0.05, 0) is 83.8 Å². The quantitative estimate of drug-likeness (QED) is 0.838. The monoisotopic (exact) mass is 266 g/mol. The molecule has 2 heteroatoms. The van der Waals surface area contributed by atoms with Crippen molar-refractivity contribution < 1.29 is 0 Å². The second-order valence-corrected chi connectivity index (χ2v) is 8.59. The Kier molecular flexibility index (Phi) is 4.62. The van der Waals surface area contributed by atoms with E-state index in [2.05, 4.69) is 44.8 Å². The first-order valence-electron chi connectivity index (χ1n) is 8.26. The van der Waals surface area contributed by atoms with E-state index in [1.54, 1.807) is 0 Å². The Morgan fingerprint density at radius 3 is 2.42 bits per heavy atom. The third kappa shape index (κ3) is 4.46. The Hall–Kier alpha value is -0.0800. The number of rotatable bonds is 3. The molecular formula is C17H34N2. The molecule has 0 radical (unpaired) electrons. The highest BCUT2D eigenvalue weighted by Crippen LogP contribution is 2.36. The van der Waals surface area contributed by atoms with Gasteiger partial charge in [0.1, 0.15) is 0 Å². The van der Waals surface area contributed by atoms with Crippen LogP contribution in [0.4, 0.5) is 0 Å². The largest absolute Gasteiger partial charge is 0.312 e. The summed E-state index contributed by atoms with van der Waals surface area (Å²) in [6.45, 7) is 15.6. The molecule has 0 amide bonds. The Morgan fingerprint density at radius 1 is 1.11 bits per heavy atom. The third-order valence-electron chi connectivity index (χ3n) is 5.12. The maximum atomic E-state index is 3.70. The average Bonchev–Trinajstić information content (AvgIpc) is 2.37. The Morgan fingerprint density at radius 2 is 1.84 bits per heavy atom. The molecule has 2 atom stereocenters. The van der Waals surface area contributed by atoms with Crippen LogP contribution in [0.5, 0.6) is 0 Å². The van der Waals surface area contributed by atoms with Gasteiger partial charge in [-0.25, -0.2) is 0 Å². The lowest BCUT2D eigenvalue weighted by molar-refractivity contribution is 0.0588. The fraction of sp³-hybridized carbons (Fsp3) is 1.00. The maximum Gasteiger partial charge on any atom is 0.0136 e. The summed E-state index contributed by atoms with van der Waals surface area (Å²) < 4.78 is 0. The van der Waals surface area contributed by atoms with Gasteiger partial charge in [0.2, 0.25) is 0 Å². The molecule has 0 aromatic rings. The van der Waals surface area contributed by atoms with E-state index >= 15 is 0 Å². The second kappa shape index (κ2) is 5.73. The van der Waals surface area contributed by atoms with Crippen LogP contribution >= 0.6 is 0 Å². The summed E-state index contributed by atoms with van der Waals surface area (Å²) in [4.78, 5) is 2.80. The van der Waals surface area contributed by atoms with E-state index in [1.165, 1.54) is 51.7 Å². The van der Waals surface area contributed by atoms with Crippen molar-refractivity contribution in [2.75, 3.05) is 19.6 Å². The maximum absolute atomic E-state index is 3.70. The van der Waals surface area contributed by atoms with Crippen LogP contribution in [-0.2, 0) is 0 Å². The summed E-state index contributed by atoms with van der Waals surface area (Å²) in [6, 6.07) is 0.865.